The number of carbonyl (C=O) groups excluding carboxylic acids is 1. The Kier molecular flexibility index (Phi) is 4.77. The zero-order valence-electron chi connectivity index (χ0n) is 13.2. The van der Waals surface area contributed by atoms with Crippen molar-refractivity contribution in [1.82, 2.24) is 9.80 Å². The van der Waals surface area contributed by atoms with Crippen LogP contribution in [-0.2, 0) is 17.6 Å². The molecule has 1 aromatic heterocycles. The topological polar surface area (TPSA) is 23.6 Å². The van der Waals surface area contributed by atoms with E-state index in [1.165, 1.54) is 50.3 Å². The highest BCUT2D eigenvalue weighted by Crippen LogP contribution is 2.39. The number of nitrogens with zero attached hydrogens (tertiary/aromatic N) is 2. The summed E-state index contributed by atoms with van der Waals surface area (Å²) >= 11 is 1.96. The molecule has 0 spiro atoms. The Balaban J connectivity index is 1.73. The summed E-state index contributed by atoms with van der Waals surface area (Å²) in [4.78, 5) is 19.3. The second kappa shape index (κ2) is 6.59. The van der Waals surface area contributed by atoms with Crippen LogP contribution in [0.2, 0.25) is 0 Å². The maximum absolute atomic E-state index is 11.2. The molecular formula is C17H26N2OS. The molecule has 1 unspecified atom stereocenters. The van der Waals surface area contributed by atoms with Crippen LogP contribution in [0.4, 0.5) is 0 Å². The summed E-state index contributed by atoms with van der Waals surface area (Å²) in [5, 5.41) is 0. The first-order valence-electron chi connectivity index (χ1n) is 8.17. The summed E-state index contributed by atoms with van der Waals surface area (Å²) in [6, 6.07) is 3.04. The fourth-order valence-electron chi connectivity index (χ4n) is 3.52. The third-order valence-electron chi connectivity index (χ3n) is 4.84. The molecule has 2 aliphatic rings. The minimum Gasteiger partial charge on any atom is -0.304 e. The summed E-state index contributed by atoms with van der Waals surface area (Å²) in [5.41, 5.74) is 1.58. The molecule has 116 valence electrons. The average molecular weight is 306 g/mol. The van der Waals surface area contributed by atoms with Crippen molar-refractivity contribution < 1.29 is 4.79 Å². The number of carbonyl (C=O) groups is 1. The first kappa shape index (κ1) is 15.2. The van der Waals surface area contributed by atoms with Crippen molar-refractivity contribution in [3.63, 3.8) is 0 Å². The molecule has 1 aliphatic heterocycles. The number of Topliss-reactive ketones (excluding diaryl/α,β-unsaturated/α-hetero) is 1. The number of piperazine rings is 1. The molecular weight excluding hydrogens is 280 g/mol. The lowest BCUT2D eigenvalue weighted by atomic mass is 9.91. The van der Waals surface area contributed by atoms with Crippen LogP contribution in [0.5, 0.6) is 0 Å². The van der Waals surface area contributed by atoms with Gasteiger partial charge in [0, 0.05) is 48.4 Å². The van der Waals surface area contributed by atoms with Gasteiger partial charge >= 0.3 is 0 Å². The monoisotopic (exact) mass is 306 g/mol. The molecule has 1 aliphatic carbocycles. The number of hydrogen-bond acceptors (Lipinski definition) is 4. The number of rotatable bonds is 4. The zero-order chi connectivity index (χ0) is 14.8. The molecule has 1 aromatic rings. The third kappa shape index (κ3) is 3.55. The van der Waals surface area contributed by atoms with Crippen LogP contribution in [0, 0.1) is 0 Å². The second-order valence-electron chi connectivity index (χ2n) is 6.54. The van der Waals surface area contributed by atoms with E-state index in [1.54, 1.807) is 17.4 Å². The Morgan fingerprint density at radius 2 is 2.10 bits per heavy atom. The van der Waals surface area contributed by atoms with Gasteiger partial charge in [0.25, 0.3) is 0 Å². The summed E-state index contributed by atoms with van der Waals surface area (Å²) < 4.78 is 0. The van der Waals surface area contributed by atoms with Gasteiger partial charge in [-0.05, 0) is 51.3 Å². The molecule has 0 N–H and O–H groups in total. The second-order valence-corrected chi connectivity index (χ2v) is 7.76. The molecule has 0 saturated carbocycles. The van der Waals surface area contributed by atoms with Crippen LogP contribution in [0.25, 0.3) is 0 Å². The van der Waals surface area contributed by atoms with Gasteiger partial charge in [0.05, 0.1) is 0 Å². The van der Waals surface area contributed by atoms with Crippen molar-refractivity contribution >= 4 is 17.1 Å². The lowest BCUT2D eigenvalue weighted by molar-refractivity contribution is -0.116. The molecule has 1 saturated heterocycles. The van der Waals surface area contributed by atoms with E-state index in [9.17, 15) is 4.79 Å². The van der Waals surface area contributed by atoms with Crippen LogP contribution in [0.1, 0.15) is 47.5 Å². The van der Waals surface area contributed by atoms with Crippen molar-refractivity contribution in [2.24, 2.45) is 0 Å². The summed E-state index contributed by atoms with van der Waals surface area (Å²) in [5.74, 6) is 0.303. The van der Waals surface area contributed by atoms with Gasteiger partial charge in [-0.2, -0.15) is 0 Å². The van der Waals surface area contributed by atoms with E-state index >= 15 is 0 Å². The zero-order valence-corrected chi connectivity index (χ0v) is 14.0. The molecule has 1 fully saturated rings. The quantitative estimate of drug-likeness (QED) is 0.854. The molecule has 0 aromatic carbocycles. The Morgan fingerprint density at radius 1 is 1.33 bits per heavy atom. The lowest BCUT2D eigenvalue weighted by Gasteiger charge is -2.39. The van der Waals surface area contributed by atoms with E-state index in [4.69, 9.17) is 0 Å². The normalized spacial score (nSPS) is 24.0. The standard InChI is InChI=1S/C17H26N2OS/c1-13(20)6-7-14-12-15-16(4-3-5-17(15)21-14)19-10-8-18(2)9-11-19/h12,16H,3-11H2,1-2H3. The van der Waals surface area contributed by atoms with Gasteiger partial charge in [-0.15, -0.1) is 11.3 Å². The number of hydrogen-bond donors (Lipinski definition) is 0. The highest BCUT2D eigenvalue weighted by molar-refractivity contribution is 7.12. The van der Waals surface area contributed by atoms with Crippen molar-refractivity contribution in [2.45, 2.75) is 45.1 Å². The van der Waals surface area contributed by atoms with Crippen LogP contribution in [-0.4, -0.2) is 48.8 Å². The molecule has 0 amide bonds. The lowest BCUT2D eigenvalue weighted by Crippen LogP contribution is -2.46. The largest absolute Gasteiger partial charge is 0.304 e. The van der Waals surface area contributed by atoms with Gasteiger partial charge in [0.1, 0.15) is 5.78 Å². The Morgan fingerprint density at radius 3 is 2.81 bits per heavy atom. The predicted molar refractivity (Wildman–Crippen MR) is 88.1 cm³/mol. The minimum atomic E-state index is 0.303. The first-order chi connectivity index (χ1) is 10.1. The van der Waals surface area contributed by atoms with E-state index in [0.29, 0.717) is 18.2 Å². The van der Waals surface area contributed by atoms with Crippen molar-refractivity contribution in [3.05, 3.63) is 21.4 Å². The third-order valence-corrected chi connectivity index (χ3v) is 6.11. The summed E-state index contributed by atoms with van der Waals surface area (Å²) in [7, 11) is 2.22. The smallest absolute Gasteiger partial charge is 0.130 e. The molecule has 4 heteroatoms. The highest BCUT2D eigenvalue weighted by Gasteiger charge is 2.29. The Bertz CT molecular complexity index is 503. The van der Waals surface area contributed by atoms with Crippen LogP contribution in [0.15, 0.2) is 6.07 Å². The van der Waals surface area contributed by atoms with Crippen LogP contribution >= 0.6 is 11.3 Å². The maximum atomic E-state index is 11.2. The summed E-state index contributed by atoms with van der Waals surface area (Å²) in [6.45, 7) is 6.46. The molecule has 21 heavy (non-hydrogen) atoms. The van der Waals surface area contributed by atoms with E-state index in [1.807, 2.05) is 11.3 Å². The number of likely N-dealkylation sites (N-methyl/N-ethyl adjacent to an activating group) is 1. The number of fused-ring (bicyclic) bond motifs is 1. The average Bonchev–Trinajstić information content (AvgIpc) is 2.89. The molecule has 1 atom stereocenters. The molecule has 0 radical (unpaired) electrons. The van der Waals surface area contributed by atoms with E-state index in [0.717, 1.165) is 6.42 Å². The predicted octanol–water partition coefficient (Wildman–Crippen LogP) is 2.89. The van der Waals surface area contributed by atoms with Gasteiger partial charge in [0.15, 0.2) is 0 Å². The SMILES string of the molecule is CC(=O)CCc1cc2c(s1)CCCC2N1CCN(C)CC1. The first-order valence-corrected chi connectivity index (χ1v) is 8.98. The van der Waals surface area contributed by atoms with Crippen molar-refractivity contribution in [1.29, 1.82) is 0 Å². The summed E-state index contributed by atoms with van der Waals surface area (Å²) in [6.07, 6.45) is 5.49. The van der Waals surface area contributed by atoms with Gasteiger partial charge in [0.2, 0.25) is 0 Å². The van der Waals surface area contributed by atoms with Crippen LogP contribution in [0.3, 0.4) is 0 Å². The number of aryl methyl sites for hydroxylation is 2. The van der Waals surface area contributed by atoms with E-state index in [2.05, 4.69) is 22.9 Å². The number of ketones is 1. The molecule has 3 nitrogen and oxygen atoms in total. The van der Waals surface area contributed by atoms with Gasteiger partial charge in [-0.1, -0.05) is 0 Å². The highest BCUT2D eigenvalue weighted by atomic mass is 32.1. The van der Waals surface area contributed by atoms with Gasteiger partial charge in [-0.25, -0.2) is 0 Å². The molecule has 2 heterocycles. The molecule has 3 rings (SSSR count). The minimum absolute atomic E-state index is 0.303. The fraction of sp³-hybridized carbons (Fsp3) is 0.706. The number of thiophene rings is 1. The maximum Gasteiger partial charge on any atom is 0.130 e. The molecule has 0 bridgehead atoms. The van der Waals surface area contributed by atoms with E-state index in [-0.39, 0.29) is 0 Å². The van der Waals surface area contributed by atoms with Gasteiger partial charge < -0.3 is 9.69 Å². The Hall–Kier alpha value is -0.710. The van der Waals surface area contributed by atoms with E-state index < -0.39 is 0 Å². The Labute approximate surface area is 131 Å². The van der Waals surface area contributed by atoms with Crippen molar-refractivity contribution in [2.75, 3.05) is 33.2 Å². The van der Waals surface area contributed by atoms with Crippen LogP contribution < -0.4 is 0 Å². The fourth-order valence-corrected chi connectivity index (χ4v) is 4.79. The van der Waals surface area contributed by atoms with Gasteiger partial charge in [-0.3, -0.25) is 4.90 Å². The van der Waals surface area contributed by atoms with Crippen molar-refractivity contribution in [3.8, 4) is 0 Å².